The highest BCUT2D eigenvalue weighted by atomic mass is 32.1. The van der Waals surface area contributed by atoms with Crippen LogP contribution in [0.15, 0.2) is 28.6 Å². The van der Waals surface area contributed by atoms with Crippen LogP contribution in [0, 0.1) is 12.3 Å². The zero-order chi connectivity index (χ0) is 16.8. The highest BCUT2D eigenvalue weighted by Gasteiger charge is 2.23. The van der Waals surface area contributed by atoms with Gasteiger partial charge in [-0.1, -0.05) is 20.8 Å². The van der Waals surface area contributed by atoms with Crippen molar-refractivity contribution in [3.63, 3.8) is 0 Å². The molecule has 0 atom stereocenters. The minimum atomic E-state index is -0.475. The number of rotatable bonds is 3. The number of aromatic nitrogens is 2. The second-order valence-corrected chi connectivity index (χ2v) is 8.74. The molecule has 0 radical (unpaired) electrons. The smallest absolute Gasteiger partial charge is 0.263 e. The van der Waals surface area contributed by atoms with Crippen LogP contribution in [0.2, 0.25) is 0 Å². The predicted octanol–water partition coefficient (Wildman–Crippen LogP) is 4.11. The fourth-order valence-electron chi connectivity index (χ4n) is 2.23. The molecule has 0 N–H and O–H groups in total. The molecule has 0 spiro atoms. The van der Waals surface area contributed by atoms with Crippen LogP contribution in [0.5, 0.6) is 0 Å². The second-order valence-electron chi connectivity index (χ2n) is 6.59. The lowest BCUT2D eigenvalue weighted by atomic mass is 9.91. The number of nitrogens with zero attached hydrogens (tertiary/aromatic N) is 2. The standard InChI is InChI=1S/C17H18N2O2S2/c1-10-5-6-12(23-10)11-8-22-15-14(11)16(21)19(9-18-15)7-13(20)17(2,3)4/h5-6,8-9H,7H2,1-4H3. The highest BCUT2D eigenvalue weighted by Crippen LogP contribution is 2.34. The Hall–Kier alpha value is -1.79. The lowest BCUT2D eigenvalue weighted by Gasteiger charge is -2.17. The van der Waals surface area contributed by atoms with Gasteiger partial charge in [0, 0.05) is 26.1 Å². The van der Waals surface area contributed by atoms with E-state index in [2.05, 4.69) is 4.98 Å². The molecule has 3 heterocycles. The van der Waals surface area contributed by atoms with Crippen molar-refractivity contribution < 1.29 is 4.79 Å². The summed E-state index contributed by atoms with van der Waals surface area (Å²) in [4.78, 5) is 32.4. The molecule has 0 saturated carbocycles. The molecular weight excluding hydrogens is 328 g/mol. The van der Waals surface area contributed by atoms with E-state index in [1.54, 1.807) is 11.3 Å². The van der Waals surface area contributed by atoms with Crippen molar-refractivity contribution in [2.45, 2.75) is 34.2 Å². The molecule has 0 aliphatic carbocycles. The van der Waals surface area contributed by atoms with Crippen molar-refractivity contribution in [1.82, 2.24) is 9.55 Å². The van der Waals surface area contributed by atoms with E-state index in [0.717, 1.165) is 15.3 Å². The summed E-state index contributed by atoms with van der Waals surface area (Å²) >= 11 is 3.12. The Bertz CT molecular complexity index is 942. The lowest BCUT2D eigenvalue weighted by molar-refractivity contribution is -0.126. The summed E-state index contributed by atoms with van der Waals surface area (Å²) in [5, 5.41) is 2.58. The van der Waals surface area contributed by atoms with Crippen molar-refractivity contribution in [2.75, 3.05) is 0 Å². The first-order valence-electron chi connectivity index (χ1n) is 7.34. The molecule has 0 aliphatic heterocycles. The molecule has 23 heavy (non-hydrogen) atoms. The Labute approximate surface area is 142 Å². The van der Waals surface area contributed by atoms with Gasteiger partial charge in [0.1, 0.15) is 4.83 Å². The molecule has 0 saturated heterocycles. The van der Waals surface area contributed by atoms with Crippen molar-refractivity contribution in [1.29, 1.82) is 0 Å². The number of ketones is 1. The number of carbonyl (C=O) groups excluding carboxylic acids is 1. The average molecular weight is 346 g/mol. The topological polar surface area (TPSA) is 52.0 Å². The molecule has 120 valence electrons. The third kappa shape index (κ3) is 3.01. The van der Waals surface area contributed by atoms with Gasteiger partial charge in [0.15, 0.2) is 5.78 Å². The van der Waals surface area contributed by atoms with Crippen LogP contribution in [0.3, 0.4) is 0 Å². The summed E-state index contributed by atoms with van der Waals surface area (Å²) in [5.41, 5.74) is 0.296. The second kappa shape index (κ2) is 5.69. The van der Waals surface area contributed by atoms with E-state index >= 15 is 0 Å². The molecule has 0 aromatic carbocycles. The van der Waals surface area contributed by atoms with Crippen LogP contribution in [0.4, 0.5) is 0 Å². The Morgan fingerprint density at radius 3 is 2.65 bits per heavy atom. The van der Waals surface area contributed by atoms with Gasteiger partial charge in [0.25, 0.3) is 5.56 Å². The molecule has 0 bridgehead atoms. The summed E-state index contributed by atoms with van der Waals surface area (Å²) in [6.45, 7) is 7.68. The average Bonchev–Trinajstić information content (AvgIpc) is 3.07. The number of aryl methyl sites for hydroxylation is 1. The monoisotopic (exact) mass is 346 g/mol. The molecule has 0 unspecified atom stereocenters. The SMILES string of the molecule is Cc1ccc(-c2csc3ncn(CC(=O)C(C)(C)C)c(=O)c23)s1. The van der Waals surface area contributed by atoms with Gasteiger partial charge in [-0.3, -0.25) is 14.2 Å². The van der Waals surface area contributed by atoms with Crippen molar-refractivity contribution in [2.24, 2.45) is 5.41 Å². The molecule has 3 aromatic rings. The van der Waals surface area contributed by atoms with Gasteiger partial charge in [0.05, 0.1) is 18.3 Å². The summed E-state index contributed by atoms with van der Waals surface area (Å²) in [6.07, 6.45) is 1.48. The highest BCUT2D eigenvalue weighted by molar-refractivity contribution is 7.19. The predicted molar refractivity (Wildman–Crippen MR) is 96.4 cm³/mol. The number of carbonyl (C=O) groups is 1. The quantitative estimate of drug-likeness (QED) is 0.717. The first-order chi connectivity index (χ1) is 10.8. The minimum absolute atomic E-state index is 0.0181. The van der Waals surface area contributed by atoms with Gasteiger partial charge < -0.3 is 0 Å². The molecule has 4 nitrogen and oxygen atoms in total. The van der Waals surface area contributed by atoms with E-state index < -0.39 is 5.41 Å². The van der Waals surface area contributed by atoms with Crippen LogP contribution in [-0.2, 0) is 11.3 Å². The zero-order valence-electron chi connectivity index (χ0n) is 13.5. The molecule has 3 rings (SSSR count). The number of hydrogen-bond donors (Lipinski definition) is 0. The van der Waals surface area contributed by atoms with E-state index in [1.807, 2.05) is 45.2 Å². The first kappa shape index (κ1) is 16.1. The zero-order valence-corrected chi connectivity index (χ0v) is 15.2. The number of hydrogen-bond acceptors (Lipinski definition) is 5. The summed E-state index contributed by atoms with van der Waals surface area (Å²) in [5.74, 6) is 0.0181. The fourth-order valence-corrected chi connectivity index (χ4v) is 4.09. The first-order valence-corrected chi connectivity index (χ1v) is 9.04. The minimum Gasteiger partial charge on any atom is -0.297 e. The molecule has 3 aromatic heterocycles. The third-order valence-corrected chi connectivity index (χ3v) is 5.64. The maximum Gasteiger partial charge on any atom is 0.263 e. The lowest BCUT2D eigenvalue weighted by Crippen LogP contribution is -2.30. The molecule has 0 fully saturated rings. The fraction of sp³-hybridized carbons (Fsp3) is 0.353. The van der Waals surface area contributed by atoms with E-state index in [4.69, 9.17) is 0 Å². The summed E-state index contributed by atoms with van der Waals surface area (Å²) in [7, 11) is 0. The van der Waals surface area contributed by atoms with Gasteiger partial charge in [0.2, 0.25) is 0 Å². The van der Waals surface area contributed by atoms with Crippen LogP contribution < -0.4 is 5.56 Å². The van der Waals surface area contributed by atoms with Crippen molar-refractivity contribution in [3.05, 3.63) is 39.1 Å². The van der Waals surface area contributed by atoms with E-state index in [0.29, 0.717) is 5.39 Å². The van der Waals surface area contributed by atoms with E-state index in [9.17, 15) is 9.59 Å². The van der Waals surface area contributed by atoms with Gasteiger partial charge in [-0.05, 0) is 19.1 Å². The Morgan fingerprint density at radius 2 is 2.04 bits per heavy atom. The van der Waals surface area contributed by atoms with Gasteiger partial charge in [-0.15, -0.1) is 22.7 Å². The summed E-state index contributed by atoms with van der Waals surface area (Å²) in [6, 6.07) is 4.07. The van der Waals surface area contributed by atoms with Crippen LogP contribution >= 0.6 is 22.7 Å². The number of fused-ring (bicyclic) bond motifs is 1. The van der Waals surface area contributed by atoms with Crippen molar-refractivity contribution >= 4 is 38.7 Å². The Morgan fingerprint density at radius 1 is 1.30 bits per heavy atom. The van der Waals surface area contributed by atoms with Crippen LogP contribution in [-0.4, -0.2) is 15.3 Å². The van der Waals surface area contributed by atoms with E-state index in [-0.39, 0.29) is 17.9 Å². The van der Waals surface area contributed by atoms with Crippen LogP contribution in [0.25, 0.3) is 20.7 Å². The maximum atomic E-state index is 12.8. The third-order valence-electron chi connectivity index (χ3n) is 3.72. The van der Waals surface area contributed by atoms with Gasteiger partial charge in [-0.25, -0.2) is 4.98 Å². The maximum absolute atomic E-state index is 12.8. The molecular formula is C17H18N2O2S2. The molecule has 0 aliphatic rings. The number of Topliss-reactive ketones (excluding diaryl/α,β-unsaturated/α-hetero) is 1. The Balaban J connectivity index is 2.12. The van der Waals surface area contributed by atoms with Gasteiger partial charge in [-0.2, -0.15) is 0 Å². The van der Waals surface area contributed by atoms with E-state index in [1.165, 1.54) is 27.1 Å². The number of thiophene rings is 2. The summed E-state index contributed by atoms with van der Waals surface area (Å²) < 4.78 is 1.42. The normalized spacial score (nSPS) is 12.0. The molecule has 0 amide bonds. The largest absolute Gasteiger partial charge is 0.297 e. The Kier molecular flexibility index (Phi) is 3.98. The molecule has 6 heteroatoms. The van der Waals surface area contributed by atoms with Crippen molar-refractivity contribution in [3.8, 4) is 10.4 Å². The van der Waals surface area contributed by atoms with Crippen LogP contribution in [0.1, 0.15) is 25.6 Å². The van der Waals surface area contributed by atoms with Gasteiger partial charge >= 0.3 is 0 Å².